The van der Waals surface area contributed by atoms with Crippen LogP contribution in [0.5, 0.6) is 0 Å². The van der Waals surface area contributed by atoms with Crippen molar-refractivity contribution >= 4 is 43.1 Å². The molecule has 0 saturated carbocycles. The third kappa shape index (κ3) is 4.26. The van der Waals surface area contributed by atoms with Crippen LogP contribution in [-0.2, 0) is 14.8 Å². The lowest BCUT2D eigenvalue weighted by Crippen LogP contribution is -2.15. The molecule has 0 aliphatic heterocycles. The molecule has 1 aromatic heterocycles. The molecule has 0 radical (unpaired) electrons. The molecule has 32 heavy (non-hydrogen) atoms. The van der Waals surface area contributed by atoms with Crippen molar-refractivity contribution in [3.05, 3.63) is 82.7 Å². The lowest BCUT2D eigenvalue weighted by molar-refractivity contribution is 0.0529. The Labute approximate surface area is 191 Å². The first-order valence-electron chi connectivity index (χ1n) is 10.2. The predicted molar refractivity (Wildman–Crippen MR) is 130 cm³/mol. The van der Waals surface area contributed by atoms with E-state index in [1.54, 1.807) is 30.5 Å². The van der Waals surface area contributed by atoms with Gasteiger partial charge in [0, 0.05) is 10.9 Å². The smallest absolute Gasteiger partial charge is 0.341 e. The van der Waals surface area contributed by atoms with Crippen LogP contribution in [0.4, 0.5) is 5.00 Å². The maximum atomic E-state index is 13.2. The van der Waals surface area contributed by atoms with E-state index in [9.17, 15) is 13.2 Å². The third-order valence-corrected chi connectivity index (χ3v) is 7.72. The van der Waals surface area contributed by atoms with E-state index in [1.807, 2.05) is 56.3 Å². The Kier molecular flexibility index (Phi) is 6.04. The molecule has 0 saturated heterocycles. The summed E-state index contributed by atoms with van der Waals surface area (Å²) >= 11 is 1.17. The van der Waals surface area contributed by atoms with E-state index in [4.69, 9.17) is 4.74 Å². The lowest BCUT2D eigenvalue weighted by atomic mass is 9.99. The normalized spacial score (nSPS) is 11.5. The van der Waals surface area contributed by atoms with Crippen molar-refractivity contribution in [1.82, 2.24) is 0 Å². The summed E-state index contributed by atoms with van der Waals surface area (Å²) in [6.45, 7) is 5.93. The van der Waals surface area contributed by atoms with E-state index in [0.717, 1.165) is 27.5 Å². The van der Waals surface area contributed by atoms with Gasteiger partial charge in [0.15, 0.2) is 0 Å². The van der Waals surface area contributed by atoms with E-state index in [2.05, 4.69) is 4.72 Å². The van der Waals surface area contributed by atoms with Crippen molar-refractivity contribution < 1.29 is 17.9 Å². The molecule has 0 amide bonds. The molecule has 1 heterocycles. The fourth-order valence-electron chi connectivity index (χ4n) is 3.48. The maximum Gasteiger partial charge on any atom is 0.341 e. The zero-order valence-electron chi connectivity index (χ0n) is 18.0. The first-order chi connectivity index (χ1) is 15.3. The average molecular weight is 466 g/mol. The van der Waals surface area contributed by atoms with E-state index >= 15 is 0 Å². The molecule has 0 atom stereocenters. The second-order valence-electron chi connectivity index (χ2n) is 7.49. The maximum absolute atomic E-state index is 13.2. The summed E-state index contributed by atoms with van der Waals surface area (Å²) in [5.41, 5.74) is 3.93. The molecule has 0 bridgehead atoms. The van der Waals surface area contributed by atoms with Gasteiger partial charge >= 0.3 is 5.97 Å². The number of anilines is 1. The predicted octanol–water partition coefficient (Wildman–Crippen LogP) is 6.16. The fourth-order valence-corrected chi connectivity index (χ4v) is 5.79. The summed E-state index contributed by atoms with van der Waals surface area (Å²) in [5.74, 6) is -0.557. The molecule has 0 aliphatic rings. The number of carbonyl (C=O) groups is 1. The van der Waals surface area contributed by atoms with E-state index in [1.165, 1.54) is 11.3 Å². The number of hydrogen-bond donors (Lipinski definition) is 1. The van der Waals surface area contributed by atoms with Gasteiger partial charge in [-0.1, -0.05) is 48.5 Å². The number of sulfonamides is 1. The van der Waals surface area contributed by atoms with Gasteiger partial charge in [0.05, 0.1) is 11.5 Å². The molecule has 0 spiro atoms. The molecular weight excluding hydrogens is 442 g/mol. The molecule has 5 nitrogen and oxygen atoms in total. The summed E-state index contributed by atoms with van der Waals surface area (Å²) in [7, 11) is -3.91. The topological polar surface area (TPSA) is 72.5 Å². The van der Waals surface area contributed by atoms with Gasteiger partial charge < -0.3 is 4.74 Å². The van der Waals surface area contributed by atoms with Crippen molar-refractivity contribution in [2.24, 2.45) is 0 Å². The molecular formula is C25H23NO4S2. The fraction of sp³-hybridized carbons (Fsp3) is 0.160. The van der Waals surface area contributed by atoms with Gasteiger partial charge in [-0.25, -0.2) is 13.2 Å². The van der Waals surface area contributed by atoms with Crippen molar-refractivity contribution in [2.75, 3.05) is 11.3 Å². The van der Waals surface area contributed by atoms with Crippen LogP contribution in [0, 0.1) is 13.8 Å². The Hall–Kier alpha value is -3.16. The quantitative estimate of drug-likeness (QED) is 0.346. The molecule has 1 N–H and O–H groups in total. The molecule has 7 heteroatoms. The van der Waals surface area contributed by atoms with E-state index in [0.29, 0.717) is 5.56 Å². The minimum absolute atomic E-state index is 0.132. The van der Waals surface area contributed by atoms with E-state index < -0.39 is 16.0 Å². The van der Waals surface area contributed by atoms with Crippen LogP contribution in [0.1, 0.15) is 28.4 Å². The van der Waals surface area contributed by atoms with Crippen molar-refractivity contribution in [1.29, 1.82) is 0 Å². The summed E-state index contributed by atoms with van der Waals surface area (Å²) < 4.78 is 34.2. The van der Waals surface area contributed by atoms with Crippen LogP contribution in [0.2, 0.25) is 0 Å². The number of benzene rings is 3. The van der Waals surface area contributed by atoms with E-state index in [-0.39, 0.29) is 22.1 Å². The number of nitrogens with one attached hydrogen (secondary N) is 1. The van der Waals surface area contributed by atoms with Gasteiger partial charge in [0.25, 0.3) is 10.0 Å². The van der Waals surface area contributed by atoms with Crippen LogP contribution in [-0.4, -0.2) is 21.0 Å². The highest BCUT2D eigenvalue weighted by Gasteiger charge is 2.25. The van der Waals surface area contributed by atoms with Gasteiger partial charge in [-0.05, 0) is 60.4 Å². The largest absolute Gasteiger partial charge is 0.462 e. The minimum atomic E-state index is -3.91. The number of thiophene rings is 1. The molecule has 164 valence electrons. The van der Waals surface area contributed by atoms with Crippen LogP contribution in [0.15, 0.2) is 70.9 Å². The van der Waals surface area contributed by atoms with Crippen molar-refractivity contribution in [3.63, 3.8) is 0 Å². The Morgan fingerprint density at radius 1 is 0.969 bits per heavy atom. The van der Waals surface area contributed by atoms with Crippen LogP contribution in [0.25, 0.3) is 21.9 Å². The van der Waals surface area contributed by atoms with Crippen LogP contribution >= 0.6 is 11.3 Å². The van der Waals surface area contributed by atoms with Crippen LogP contribution in [0.3, 0.4) is 0 Å². The standard InChI is InChI=1S/C25H23NO4S2/c1-4-30-25(27)23-22(20-10-9-16(2)17(3)13-20)15-31-24(23)26-32(28,29)21-12-11-18-7-5-6-8-19(18)14-21/h5-15,26H,4H2,1-3H3. The Morgan fingerprint density at radius 3 is 2.44 bits per heavy atom. The SMILES string of the molecule is CCOC(=O)c1c(-c2ccc(C)c(C)c2)csc1NS(=O)(=O)c1ccc2ccccc2c1. The highest BCUT2D eigenvalue weighted by molar-refractivity contribution is 7.93. The average Bonchev–Trinajstić information content (AvgIpc) is 3.18. The third-order valence-electron chi connectivity index (χ3n) is 5.35. The van der Waals surface area contributed by atoms with Gasteiger partial charge in [0.2, 0.25) is 0 Å². The van der Waals surface area contributed by atoms with Gasteiger partial charge in [-0.2, -0.15) is 0 Å². The Balaban J connectivity index is 1.77. The van der Waals surface area contributed by atoms with Gasteiger partial charge in [-0.15, -0.1) is 11.3 Å². The summed E-state index contributed by atoms with van der Waals surface area (Å²) in [6, 6.07) is 18.4. The number of ether oxygens (including phenoxy) is 1. The summed E-state index contributed by atoms with van der Waals surface area (Å²) in [6.07, 6.45) is 0. The molecule has 3 aromatic carbocycles. The first-order valence-corrected chi connectivity index (χ1v) is 12.5. The minimum Gasteiger partial charge on any atom is -0.462 e. The molecule has 4 rings (SSSR count). The first kappa shape index (κ1) is 22.0. The zero-order chi connectivity index (χ0) is 22.9. The Bertz CT molecular complexity index is 1420. The molecule has 4 aromatic rings. The number of rotatable bonds is 6. The number of esters is 1. The zero-order valence-corrected chi connectivity index (χ0v) is 19.6. The second kappa shape index (κ2) is 8.76. The number of carbonyl (C=O) groups excluding carboxylic acids is 1. The number of fused-ring (bicyclic) bond motifs is 1. The van der Waals surface area contributed by atoms with Crippen molar-refractivity contribution in [2.45, 2.75) is 25.7 Å². The summed E-state index contributed by atoms with van der Waals surface area (Å²) in [5, 5.41) is 3.80. The highest BCUT2D eigenvalue weighted by atomic mass is 32.2. The lowest BCUT2D eigenvalue weighted by Gasteiger charge is -2.11. The van der Waals surface area contributed by atoms with Gasteiger partial charge in [-0.3, -0.25) is 4.72 Å². The monoisotopic (exact) mass is 465 g/mol. The Morgan fingerprint density at radius 2 is 1.72 bits per heavy atom. The van der Waals surface area contributed by atoms with Crippen LogP contribution < -0.4 is 4.72 Å². The second-order valence-corrected chi connectivity index (χ2v) is 10.0. The molecule has 0 unspecified atom stereocenters. The molecule has 0 fully saturated rings. The van der Waals surface area contributed by atoms with Crippen molar-refractivity contribution in [3.8, 4) is 11.1 Å². The highest BCUT2D eigenvalue weighted by Crippen LogP contribution is 2.38. The number of hydrogen-bond acceptors (Lipinski definition) is 5. The molecule has 0 aliphatic carbocycles. The number of aryl methyl sites for hydroxylation is 2. The summed E-state index contributed by atoms with van der Waals surface area (Å²) in [4.78, 5) is 13.0. The van der Waals surface area contributed by atoms with Gasteiger partial charge in [0.1, 0.15) is 10.6 Å².